The Morgan fingerprint density at radius 1 is 1.33 bits per heavy atom. The molecule has 6 heteroatoms. The quantitative estimate of drug-likeness (QED) is 0.467. The molecular formula is C15H23N5S. The van der Waals surface area contributed by atoms with Crippen molar-refractivity contribution in [2.75, 3.05) is 6.26 Å². The summed E-state index contributed by atoms with van der Waals surface area (Å²) < 4.78 is 1.97. The Kier molecular flexibility index (Phi) is 5.78. The molecule has 1 heterocycles. The summed E-state index contributed by atoms with van der Waals surface area (Å²) in [7, 11) is 0. The number of rotatable bonds is 7. The fraction of sp³-hybridized carbons (Fsp3) is 0.467. The van der Waals surface area contributed by atoms with Crippen molar-refractivity contribution in [3.63, 3.8) is 0 Å². The zero-order chi connectivity index (χ0) is 15.2. The van der Waals surface area contributed by atoms with Gasteiger partial charge in [-0.15, -0.1) is 11.8 Å². The Morgan fingerprint density at radius 2 is 2.10 bits per heavy atom. The second-order valence-corrected chi connectivity index (χ2v) is 6.27. The van der Waals surface area contributed by atoms with Crippen molar-refractivity contribution in [2.24, 2.45) is 11.8 Å². The lowest BCUT2D eigenvalue weighted by Gasteiger charge is -2.19. The summed E-state index contributed by atoms with van der Waals surface area (Å²) in [6.07, 6.45) is 4.42. The van der Waals surface area contributed by atoms with Gasteiger partial charge in [-0.2, -0.15) is 5.10 Å². The summed E-state index contributed by atoms with van der Waals surface area (Å²) in [5, 5.41) is 4.31. The molecular weight excluding hydrogens is 282 g/mol. The molecule has 114 valence electrons. The van der Waals surface area contributed by atoms with Crippen LogP contribution in [0, 0.1) is 5.92 Å². The van der Waals surface area contributed by atoms with Gasteiger partial charge in [-0.05, 0) is 23.8 Å². The van der Waals surface area contributed by atoms with Crippen molar-refractivity contribution in [1.82, 2.24) is 20.2 Å². The molecule has 1 unspecified atom stereocenters. The minimum absolute atomic E-state index is 0.0313. The normalized spacial score (nSPS) is 12.8. The van der Waals surface area contributed by atoms with Gasteiger partial charge in [-0.25, -0.2) is 9.67 Å². The van der Waals surface area contributed by atoms with Gasteiger partial charge in [0, 0.05) is 17.9 Å². The topological polar surface area (TPSA) is 68.8 Å². The molecule has 2 rings (SSSR count). The molecule has 0 spiro atoms. The predicted octanol–water partition coefficient (Wildman–Crippen LogP) is 2.40. The van der Waals surface area contributed by atoms with Crippen LogP contribution in [0.1, 0.15) is 31.3 Å². The molecule has 5 nitrogen and oxygen atoms in total. The molecule has 1 aromatic heterocycles. The van der Waals surface area contributed by atoms with Crippen LogP contribution >= 0.6 is 11.8 Å². The van der Waals surface area contributed by atoms with Crippen LogP contribution in [0.3, 0.4) is 0 Å². The van der Waals surface area contributed by atoms with E-state index in [-0.39, 0.29) is 6.04 Å². The molecule has 0 aliphatic rings. The number of nitrogens with two attached hydrogens (primary N) is 1. The molecule has 0 amide bonds. The lowest BCUT2D eigenvalue weighted by Crippen LogP contribution is -2.31. The summed E-state index contributed by atoms with van der Waals surface area (Å²) in [5.41, 5.74) is 4.12. The van der Waals surface area contributed by atoms with E-state index in [4.69, 9.17) is 5.84 Å². The lowest BCUT2D eigenvalue weighted by atomic mass is 10.0. The molecule has 2 aromatic rings. The minimum Gasteiger partial charge on any atom is -0.271 e. The van der Waals surface area contributed by atoms with Crippen LogP contribution in [0.5, 0.6) is 0 Å². The van der Waals surface area contributed by atoms with Gasteiger partial charge in [0.1, 0.15) is 12.2 Å². The molecule has 21 heavy (non-hydrogen) atoms. The van der Waals surface area contributed by atoms with E-state index in [1.165, 1.54) is 10.5 Å². The third kappa shape index (κ3) is 4.06. The average Bonchev–Trinajstić information content (AvgIpc) is 2.91. The zero-order valence-electron chi connectivity index (χ0n) is 12.8. The van der Waals surface area contributed by atoms with Crippen LogP contribution in [0.25, 0.3) is 0 Å². The van der Waals surface area contributed by atoms with E-state index < -0.39 is 0 Å². The maximum atomic E-state index is 5.78. The van der Waals surface area contributed by atoms with E-state index in [1.54, 1.807) is 18.1 Å². The number of benzene rings is 1. The van der Waals surface area contributed by atoms with Gasteiger partial charge in [0.05, 0.1) is 6.04 Å². The van der Waals surface area contributed by atoms with Crippen LogP contribution < -0.4 is 11.3 Å². The zero-order valence-corrected chi connectivity index (χ0v) is 13.6. The van der Waals surface area contributed by atoms with E-state index in [9.17, 15) is 0 Å². The van der Waals surface area contributed by atoms with Gasteiger partial charge in [0.25, 0.3) is 0 Å². The monoisotopic (exact) mass is 305 g/mol. The van der Waals surface area contributed by atoms with Gasteiger partial charge in [0.2, 0.25) is 0 Å². The fourth-order valence-corrected chi connectivity index (χ4v) is 3.00. The molecule has 0 saturated heterocycles. The third-order valence-electron chi connectivity index (χ3n) is 3.34. The number of hydrazine groups is 1. The highest BCUT2D eigenvalue weighted by molar-refractivity contribution is 7.98. The maximum absolute atomic E-state index is 5.78. The van der Waals surface area contributed by atoms with Crippen molar-refractivity contribution in [3.05, 3.63) is 42.0 Å². The largest absolute Gasteiger partial charge is 0.271 e. The SMILES string of the molecule is CSc1ccccc1C(Cc1ncnn1CC(C)C)NN. The highest BCUT2D eigenvalue weighted by Crippen LogP contribution is 2.27. The first-order valence-corrected chi connectivity index (χ1v) is 8.34. The van der Waals surface area contributed by atoms with Crippen molar-refractivity contribution in [3.8, 4) is 0 Å². The first-order chi connectivity index (χ1) is 10.2. The van der Waals surface area contributed by atoms with Gasteiger partial charge < -0.3 is 0 Å². The number of hydrogen-bond acceptors (Lipinski definition) is 5. The molecule has 0 radical (unpaired) electrons. The second-order valence-electron chi connectivity index (χ2n) is 5.42. The number of hydrogen-bond donors (Lipinski definition) is 2. The Balaban J connectivity index is 2.21. The van der Waals surface area contributed by atoms with E-state index >= 15 is 0 Å². The number of nitrogens with one attached hydrogen (secondary N) is 1. The van der Waals surface area contributed by atoms with Crippen LogP contribution in [0.4, 0.5) is 0 Å². The molecule has 0 saturated carbocycles. The summed E-state index contributed by atoms with van der Waals surface area (Å²) >= 11 is 1.73. The van der Waals surface area contributed by atoms with Crippen molar-refractivity contribution >= 4 is 11.8 Å². The van der Waals surface area contributed by atoms with Crippen LogP contribution in [0.15, 0.2) is 35.5 Å². The summed E-state index contributed by atoms with van der Waals surface area (Å²) in [6.45, 7) is 5.22. The number of nitrogens with zero attached hydrogens (tertiary/aromatic N) is 3. The van der Waals surface area contributed by atoms with Gasteiger partial charge >= 0.3 is 0 Å². The Bertz CT molecular complexity index is 567. The van der Waals surface area contributed by atoms with E-state index in [0.717, 1.165) is 18.8 Å². The highest BCUT2D eigenvalue weighted by Gasteiger charge is 2.17. The first kappa shape index (κ1) is 16.0. The molecule has 0 fully saturated rings. The Morgan fingerprint density at radius 3 is 2.76 bits per heavy atom. The minimum atomic E-state index is 0.0313. The van der Waals surface area contributed by atoms with Crippen LogP contribution in [0.2, 0.25) is 0 Å². The van der Waals surface area contributed by atoms with E-state index in [2.05, 4.69) is 47.7 Å². The van der Waals surface area contributed by atoms with E-state index in [1.807, 2.05) is 16.8 Å². The lowest BCUT2D eigenvalue weighted by molar-refractivity contribution is 0.445. The van der Waals surface area contributed by atoms with Gasteiger partial charge in [0.15, 0.2) is 0 Å². The molecule has 0 aliphatic carbocycles. The molecule has 3 N–H and O–H groups in total. The van der Waals surface area contributed by atoms with Crippen LogP contribution in [-0.2, 0) is 13.0 Å². The molecule has 1 aromatic carbocycles. The number of thioether (sulfide) groups is 1. The Hall–Kier alpha value is -1.37. The second kappa shape index (κ2) is 7.59. The molecule has 1 atom stereocenters. The van der Waals surface area contributed by atoms with Crippen molar-refractivity contribution in [1.29, 1.82) is 0 Å². The molecule has 0 bridgehead atoms. The third-order valence-corrected chi connectivity index (χ3v) is 4.15. The fourth-order valence-electron chi connectivity index (χ4n) is 2.34. The van der Waals surface area contributed by atoms with Crippen molar-refractivity contribution < 1.29 is 0 Å². The van der Waals surface area contributed by atoms with Crippen LogP contribution in [-0.4, -0.2) is 21.0 Å². The smallest absolute Gasteiger partial charge is 0.138 e. The predicted molar refractivity (Wildman–Crippen MR) is 86.9 cm³/mol. The first-order valence-electron chi connectivity index (χ1n) is 7.11. The summed E-state index contributed by atoms with van der Waals surface area (Å²) in [4.78, 5) is 5.62. The standard InChI is InChI=1S/C15H23N5S/c1-11(2)9-20-15(17-10-18-20)8-13(19-16)12-6-4-5-7-14(12)21-3/h4-7,10-11,13,19H,8-9,16H2,1-3H3. The average molecular weight is 305 g/mol. The highest BCUT2D eigenvalue weighted by atomic mass is 32.2. The van der Waals surface area contributed by atoms with Crippen molar-refractivity contribution in [2.45, 2.75) is 37.8 Å². The maximum Gasteiger partial charge on any atom is 0.138 e. The summed E-state index contributed by atoms with van der Waals surface area (Å²) in [6, 6.07) is 8.34. The number of aromatic nitrogens is 3. The molecule has 0 aliphatic heterocycles. The summed E-state index contributed by atoms with van der Waals surface area (Å²) in [5.74, 6) is 7.28. The van der Waals surface area contributed by atoms with Gasteiger partial charge in [-0.3, -0.25) is 11.3 Å². The van der Waals surface area contributed by atoms with Gasteiger partial charge in [-0.1, -0.05) is 32.0 Å². The van der Waals surface area contributed by atoms with E-state index in [0.29, 0.717) is 5.92 Å². The Labute approximate surface area is 130 Å².